The van der Waals surface area contributed by atoms with Crippen LogP contribution in [-0.2, 0) is 6.42 Å². The van der Waals surface area contributed by atoms with Gasteiger partial charge in [0.15, 0.2) is 0 Å². The minimum atomic E-state index is 0.185. The van der Waals surface area contributed by atoms with E-state index in [0.717, 1.165) is 42.6 Å². The third-order valence-corrected chi connectivity index (χ3v) is 5.99. The molecule has 0 saturated heterocycles. The number of hydrogen-bond donors (Lipinski definition) is 0. The molecule has 2 aromatic heterocycles. The number of unbranched alkanes of at least 4 members (excludes halogenated alkanes) is 2. The van der Waals surface area contributed by atoms with Gasteiger partial charge in [0.25, 0.3) is 0 Å². The molecule has 6 nitrogen and oxygen atoms in total. The van der Waals surface area contributed by atoms with Gasteiger partial charge < -0.3 is 4.74 Å². The summed E-state index contributed by atoms with van der Waals surface area (Å²) in [6.07, 6.45) is 8.68. The number of rotatable bonds is 10. The zero-order valence-electron chi connectivity index (χ0n) is 18.5. The lowest BCUT2D eigenvalue weighted by Crippen LogP contribution is -2.04. The van der Waals surface area contributed by atoms with E-state index in [4.69, 9.17) is 9.72 Å². The van der Waals surface area contributed by atoms with Gasteiger partial charge in [-0.2, -0.15) is 4.80 Å². The highest BCUT2D eigenvalue weighted by Gasteiger charge is 2.10. The summed E-state index contributed by atoms with van der Waals surface area (Å²) in [5, 5.41) is 16.2. The first kappa shape index (κ1) is 22.2. The Balaban J connectivity index is 1.56. The molecule has 0 radical (unpaired) electrons. The molecule has 3 rings (SSSR count). The van der Waals surface area contributed by atoms with Crippen molar-refractivity contribution in [3.63, 3.8) is 0 Å². The van der Waals surface area contributed by atoms with Gasteiger partial charge >= 0.3 is 0 Å². The molecule has 0 aliphatic heterocycles. The van der Waals surface area contributed by atoms with E-state index < -0.39 is 0 Å². The van der Waals surface area contributed by atoms with Crippen LogP contribution in [0.3, 0.4) is 0 Å². The summed E-state index contributed by atoms with van der Waals surface area (Å²) in [6, 6.07) is 6.17. The Bertz CT molecular complexity index is 974. The van der Waals surface area contributed by atoms with Crippen molar-refractivity contribution in [1.29, 1.82) is 0 Å². The van der Waals surface area contributed by atoms with Crippen LogP contribution in [0.4, 0.5) is 0 Å². The van der Waals surface area contributed by atoms with Crippen molar-refractivity contribution in [2.75, 3.05) is 7.11 Å². The molecule has 0 amide bonds. The van der Waals surface area contributed by atoms with Crippen LogP contribution in [0, 0.1) is 0 Å². The van der Waals surface area contributed by atoms with Crippen LogP contribution in [0.5, 0.6) is 5.75 Å². The van der Waals surface area contributed by atoms with Gasteiger partial charge in [0, 0.05) is 22.4 Å². The Morgan fingerprint density at radius 3 is 2.67 bits per heavy atom. The standard InChI is InChI=1S/C23H31N5OS/c1-16(2)23-24-20(15-30-23)11-9-7-6-8-10-18-14-19(12-13-21(18)29-5)22-25-27-28(26-22)17(3)4/h8,10,12-17H,6-7,9,11H2,1-5H3. The summed E-state index contributed by atoms with van der Waals surface area (Å²) in [5.74, 6) is 1.99. The minimum Gasteiger partial charge on any atom is -0.496 e. The molecular weight excluding hydrogens is 394 g/mol. The summed E-state index contributed by atoms with van der Waals surface area (Å²) in [6.45, 7) is 8.45. The van der Waals surface area contributed by atoms with Crippen LogP contribution in [0.1, 0.15) is 75.2 Å². The third kappa shape index (κ3) is 5.75. The fourth-order valence-corrected chi connectivity index (χ4v) is 3.91. The van der Waals surface area contributed by atoms with Gasteiger partial charge in [0.05, 0.1) is 23.9 Å². The quantitative estimate of drug-likeness (QED) is 0.376. The fourth-order valence-electron chi connectivity index (χ4n) is 3.04. The number of tetrazole rings is 1. The highest BCUT2D eigenvalue weighted by molar-refractivity contribution is 7.09. The molecule has 30 heavy (non-hydrogen) atoms. The van der Waals surface area contributed by atoms with E-state index in [-0.39, 0.29) is 6.04 Å². The van der Waals surface area contributed by atoms with Crippen molar-refractivity contribution in [2.45, 2.75) is 65.3 Å². The molecule has 2 heterocycles. The average Bonchev–Trinajstić information content (AvgIpc) is 3.40. The van der Waals surface area contributed by atoms with Gasteiger partial charge in [0.2, 0.25) is 5.82 Å². The minimum absolute atomic E-state index is 0.185. The van der Waals surface area contributed by atoms with E-state index in [9.17, 15) is 0 Å². The molecule has 0 unspecified atom stereocenters. The van der Waals surface area contributed by atoms with Gasteiger partial charge in [-0.15, -0.1) is 21.5 Å². The molecule has 3 aromatic rings. The van der Waals surface area contributed by atoms with Crippen molar-refractivity contribution >= 4 is 17.4 Å². The summed E-state index contributed by atoms with van der Waals surface area (Å²) in [7, 11) is 1.69. The molecule has 0 saturated carbocycles. The van der Waals surface area contributed by atoms with Gasteiger partial charge in [-0.1, -0.05) is 26.0 Å². The Morgan fingerprint density at radius 2 is 2.00 bits per heavy atom. The molecular formula is C23H31N5OS. The average molecular weight is 426 g/mol. The maximum atomic E-state index is 5.52. The second-order valence-corrected chi connectivity index (χ2v) is 8.85. The predicted molar refractivity (Wildman–Crippen MR) is 123 cm³/mol. The molecule has 0 aliphatic rings. The number of methoxy groups -OCH3 is 1. The Morgan fingerprint density at radius 1 is 1.17 bits per heavy atom. The first-order valence-corrected chi connectivity index (χ1v) is 11.4. The maximum Gasteiger partial charge on any atom is 0.204 e. The number of benzene rings is 1. The largest absolute Gasteiger partial charge is 0.496 e. The lowest BCUT2D eigenvalue weighted by molar-refractivity contribution is 0.414. The maximum absolute atomic E-state index is 5.52. The normalized spacial score (nSPS) is 11.8. The van der Waals surface area contributed by atoms with Crippen LogP contribution in [0.2, 0.25) is 0 Å². The smallest absolute Gasteiger partial charge is 0.204 e. The van der Waals surface area contributed by atoms with Crippen LogP contribution < -0.4 is 4.74 Å². The predicted octanol–water partition coefficient (Wildman–Crippen LogP) is 5.94. The molecule has 7 heteroatoms. The molecule has 0 spiro atoms. The van der Waals surface area contributed by atoms with E-state index in [1.54, 1.807) is 23.2 Å². The van der Waals surface area contributed by atoms with Crippen molar-refractivity contribution in [1.82, 2.24) is 25.2 Å². The van der Waals surface area contributed by atoms with Crippen LogP contribution in [-0.4, -0.2) is 32.3 Å². The van der Waals surface area contributed by atoms with Crippen LogP contribution in [0.15, 0.2) is 29.7 Å². The Kier molecular flexibility index (Phi) is 7.74. The number of allylic oxidation sites excluding steroid dienone is 1. The van der Waals surface area contributed by atoms with Gasteiger partial charge in [-0.05, 0) is 62.9 Å². The lowest BCUT2D eigenvalue weighted by atomic mass is 10.1. The first-order valence-electron chi connectivity index (χ1n) is 10.6. The van der Waals surface area contributed by atoms with E-state index in [1.807, 2.05) is 26.0 Å². The summed E-state index contributed by atoms with van der Waals surface area (Å²) in [5.41, 5.74) is 3.19. The summed E-state index contributed by atoms with van der Waals surface area (Å²) in [4.78, 5) is 6.34. The summed E-state index contributed by atoms with van der Waals surface area (Å²) >= 11 is 1.77. The molecule has 0 N–H and O–H groups in total. The van der Waals surface area contributed by atoms with Crippen LogP contribution >= 0.6 is 11.3 Å². The Hall–Kier alpha value is -2.54. The monoisotopic (exact) mass is 425 g/mol. The third-order valence-electron chi connectivity index (χ3n) is 4.79. The Labute approximate surface area is 183 Å². The van der Waals surface area contributed by atoms with E-state index >= 15 is 0 Å². The number of aromatic nitrogens is 5. The lowest BCUT2D eigenvalue weighted by Gasteiger charge is -2.06. The topological polar surface area (TPSA) is 65.7 Å². The number of nitrogens with zero attached hydrogens (tertiary/aromatic N) is 5. The highest BCUT2D eigenvalue weighted by atomic mass is 32.1. The van der Waals surface area contributed by atoms with Crippen LogP contribution in [0.25, 0.3) is 17.5 Å². The number of ether oxygens (including phenoxy) is 1. The SMILES string of the molecule is COc1ccc(-c2nnn(C(C)C)n2)cc1C=CCCCCc1csc(C(C)C)n1. The number of hydrogen-bond acceptors (Lipinski definition) is 6. The molecule has 0 bridgehead atoms. The van der Waals surface area contributed by atoms with Crippen molar-refractivity contribution in [2.24, 2.45) is 0 Å². The highest BCUT2D eigenvalue weighted by Crippen LogP contribution is 2.26. The van der Waals surface area contributed by atoms with E-state index in [2.05, 4.69) is 52.9 Å². The summed E-state index contributed by atoms with van der Waals surface area (Å²) < 4.78 is 5.52. The second-order valence-electron chi connectivity index (χ2n) is 7.96. The molecule has 1 aromatic carbocycles. The fraction of sp³-hybridized carbons (Fsp3) is 0.478. The zero-order chi connectivity index (χ0) is 21.5. The molecule has 0 fully saturated rings. The van der Waals surface area contributed by atoms with E-state index in [1.165, 1.54) is 10.7 Å². The molecule has 0 atom stereocenters. The van der Waals surface area contributed by atoms with Crippen molar-refractivity contribution in [3.05, 3.63) is 45.9 Å². The zero-order valence-corrected chi connectivity index (χ0v) is 19.3. The first-order chi connectivity index (χ1) is 14.5. The second kappa shape index (κ2) is 10.5. The van der Waals surface area contributed by atoms with Gasteiger partial charge in [-0.25, -0.2) is 4.98 Å². The molecule has 160 valence electrons. The molecule has 0 aliphatic carbocycles. The van der Waals surface area contributed by atoms with Crippen molar-refractivity contribution in [3.8, 4) is 17.1 Å². The van der Waals surface area contributed by atoms with Gasteiger partial charge in [0.1, 0.15) is 5.75 Å². The van der Waals surface area contributed by atoms with Crippen molar-refractivity contribution < 1.29 is 4.74 Å². The number of thiazole rings is 1. The van der Waals surface area contributed by atoms with Gasteiger partial charge in [-0.3, -0.25) is 0 Å². The number of aryl methyl sites for hydroxylation is 1. The van der Waals surface area contributed by atoms with E-state index in [0.29, 0.717) is 11.7 Å².